The van der Waals surface area contributed by atoms with Crippen LogP contribution in [0.4, 0.5) is 5.69 Å². The molecule has 0 aliphatic rings. The molecule has 0 unspecified atom stereocenters. The topological polar surface area (TPSA) is 43.3 Å². The molecule has 0 spiro atoms. The zero-order valence-corrected chi connectivity index (χ0v) is 15.2. The summed E-state index contributed by atoms with van der Waals surface area (Å²) in [5.74, 6) is 0.750. The molecule has 0 radical (unpaired) electrons. The summed E-state index contributed by atoms with van der Waals surface area (Å²) in [7, 11) is 0. The van der Waals surface area contributed by atoms with Gasteiger partial charge in [0.05, 0.1) is 6.61 Å². The monoisotopic (exact) mass is 336 g/mol. The Morgan fingerprint density at radius 3 is 2.56 bits per heavy atom. The maximum absolute atomic E-state index is 13.0. The van der Waals surface area contributed by atoms with Gasteiger partial charge in [-0.25, -0.2) is 0 Å². The molecule has 4 heteroatoms. The quantitative estimate of drug-likeness (QED) is 0.718. The number of fused-ring (bicyclic) bond motifs is 1. The predicted molar refractivity (Wildman–Crippen MR) is 103 cm³/mol. The lowest BCUT2D eigenvalue weighted by atomic mass is 10.1. The van der Waals surface area contributed by atoms with Crippen LogP contribution in [0.3, 0.4) is 0 Å². The Morgan fingerprint density at radius 2 is 1.88 bits per heavy atom. The van der Waals surface area contributed by atoms with Gasteiger partial charge in [0.1, 0.15) is 11.4 Å². The minimum Gasteiger partial charge on any atom is -0.494 e. The number of aryl methyl sites for hydroxylation is 3. The molecule has 1 amide bonds. The fraction of sp³-hybridized carbons (Fsp3) is 0.286. The standard InChI is InChI=1S/C21H24N2O2/c1-5-23-19-12-11-16(25-6-2)13-17(19)15(4)20(23)21(24)22-18-10-8-7-9-14(18)3/h7-13H,5-6H2,1-4H3,(H,22,24). The van der Waals surface area contributed by atoms with Crippen molar-refractivity contribution in [3.05, 3.63) is 59.3 Å². The summed E-state index contributed by atoms with van der Waals surface area (Å²) in [6.07, 6.45) is 0. The van der Waals surface area contributed by atoms with E-state index in [1.165, 1.54) is 0 Å². The molecule has 0 bridgehead atoms. The Hall–Kier alpha value is -2.75. The largest absolute Gasteiger partial charge is 0.494 e. The fourth-order valence-corrected chi connectivity index (χ4v) is 3.27. The number of anilines is 1. The van der Waals surface area contributed by atoms with E-state index in [4.69, 9.17) is 4.74 Å². The van der Waals surface area contributed by atoms with Gasteiger partial charge in [0.15, 0.2) is 0 Å². The third-order valence-electron chi connectivity index (χ3n) is 4.52. The summed E-state index contributed by atoms with van der Waals surface area (Å²) in [6, 6.07) is 13.8. The first-order valence-electron chi connectivity index (χ1n) is 8.69. The van der Waals surface area contributed by atoms with Gasteiger partial charge in [-0.2, -0.15) is 0 Å². The van der Waals surface area contributed by atoms with Crippen molar-refractivity contribution in [1.29, 1.82) is 0 Å². The van der Waals surface area contributed by atoms with Crippen molar-refractivity contribution in [3.63, 3.8) is 0 Å². The number of nitrogens with one attached hydrogen (secondary N) is 1. The maximum Gasteiger partial charge on any atom is 0.272 e. The van der Waals surface area contributed by atoms with E-state index in [9.17, 15) is 4.79 Å². The van der Waals surface area contributed by atoms with Crippen molar-refractivity contribution in [2.24, 2.45) is 0 Å². The van der Waals surface area contributed by atoms with E-state index in [1.54, 1.807) is 0 Å². The van der Waals surface area contributed by atoms with Gasteiger partial charge in [-0.1, -0.05) is 18.2 Å². The van der Waals surface area contributed by atoms with Gasteiger partial charge < -0.3 is 14.6 Å². The summed E-state index contributed by atoms with van der Waals surface area (Å²) in [5, 5.41) is 4.11. The number of hydrogen-bond donors (Lipinski definition) is 1. The van der Waals surface area contributed by atoms with Crippen molar-refractivity contribution >= 4 is 22.5 Å². The highest BCUT2D eigenvalue weighted by molar-refractivity contribution is 6.08. The SMILES string of the molecule is CCOc1ccc2c(c1)c(C)c(C(=O)Nc1ccccc1C)n2CC. The van der Waals surface area contributed by atoms with E-state index in [0.717, 1.165) is 40.0 Å². The van der Waals surface area contributed by atoms with Gasteiger partial charge in [0.2, 0.25) is 0 Å². The smallest absolute Gasteiger partial charge is 0.272 e. The van der Waals surface area contributed by atoms with E-state index in [0.29, 0.717) is 12.3 Å². The summed E-state index contributed by atoms with van der Waals surface area (Å²) >= 11 is 0. The highest BCUT2D eigenvalue weighted by Gasteiger charge is 2.20. The average molecular weight is 336 g/mol. The van der Waals surface area contributed by atoms with Crippen LogP contribution in [0.15, 0.2) is 42.5 Å². The molecule has 4 nitrogen and oxygen atoms in total. The average Bonchev–Trinajstić information content (AvgIpc) is 2.89. The number of amides is 1. The molecule has 0 atom stereocenters. The predicted octanol–water partition coefficient (Wildman–Crippen LogP) is 4.93. The molecule has 0 saturated heterocycles. The summed E-state index contributed by atoms with van der Waals surface area (Å²) < 4.78 is 7.68. The number of carbonyl (C=O) groups is 1. The molecular formula is C21H24N2O2. The van der Waals surface area contributed by atoms with Crippen LogP contribution in [-0.4, -0.2) is 17.1 Å². The first kappa shape index (κ1) is 17.1. The number of rotatable bonds is 5. The normalized spacial score (nSPS) is 10.9. The first-order chi connectivity index (χ1) is 12.1. The minimum atomic E-state index is -0.0807. The lowest BCUT2D eigenvalue weighted by Crippen LogP contribution is -2.18. The molecule has 2 aromatic carbocycles. The van der Waals surface area contributed by atoms with Gasteiger partial charge in [-0.3, -0.25) is 4.79 Å². The van der Waals surface area contributed by atoms with Gasteiger partial charge in [0, 0.05) is 23.1 Å². The van der Waals surface area contributed by atoms with Crippen LogP contribution in [0.25, 0.3) is 10.9 Å². The molecule has 0 aliphatic carbocycles. The van der Waals surface area contributed by atoms with E-state index in [2.05, 4.69) is 16.8 Å². The molecule has 0 aliphatic heterocycles. The Bertz CT molecular complexity index is 925. The van der Waals surface area contributed by atoms with Gasteiger partial charge in [0.25, 0.3) is 5.91 Å². The zero-order valence-electron chi connectivity index (χ0n) is 15.2. The van der Waals surface area contributed by atoms with E-state index in [1.807, 2.05) is 63.2 Å². The lowest BCUT2D eigenvalue weighted by Gasteiger charge is -2.11. The van der Waals surface area contributed by atoms with Crippen molar-refractivity contribution in [2.45, 2.75) is 34.2 Å². The number of nitrogens with zero attached hydrogens (tertiary/aromatic N) is 1. The van der Waals surface area contributed by atoms with Crippen LogP contribution < -0.4 is 10.1 Å². The molecule has 1 heterocycles. The summed E-state index contributed by atoms with van der Waals surface area (Å²) in [5.41, 5.74) is 4.62. The number of carbonyl (C=O) groups excluding carboxylic acids is 1. The van der Waals surface area contributed by atoms with Crippen LogP contribution in [-0.2, 0) is 6.54 Å². The van der Waals surface area contributed by atoms with Gasteiger partial charge in [-0.15, -0.1) is 0 Å². The van der Waals surface area contributed by atoms with Crippen molar-refractivity contribution in [3.8, 4) is 5.75 Å². The van der Waals surface area contributed by atoms with Crippen LogP contribution in [0.5, 0.6) is 5.75 Å². The number of hydrogen-bond acceptors (Lipinski definition) is 2. The van der Waals surface area contributed by atoms with Crippen LogP contribution in [0, 0.1) is 13.8 Å². The van der Waals surface area contributed by atoms with Gasteiger partial charge >= 0.3 is 0 Å². The van der Waals surface area contributed by atoms with E-state index < -0.39 is 0 Å². The number of para-hydroxylation sites is 1. The molecule has 130 valence electrons. The molecule has 1 aromatic heterocycles. The Labute approximate surface area is 148 Å². The number of benzene rings is 2. The molecule has 3 aromatic rings. The maximum atomic E-state index is 13.0. The van der Waals surface area contributed by atoms with Gasteiger partial charge in [-0.05, 0) is 63.1 Å². The minimum absolute atomic E-state index is 0.0807. The molecule has 0 fully saturated rings. The lowest BCUT2D eigenvalue weighted by molar-refractivity contribution is 0.101. The fourth-order valence-electron chi connectivity index (χ4n) is 3.27. The van der Waals surface area contributed by atoms with Crippen molar-refractivity contribution in [1.82, 2.24) is 4.57 Å². The molecular weight excluding hydrogens is 312 g/mol. The highest BCUT2D eigenvalue weighted by atomic mass is 16.5. The molecule has 25 heavy (non-hydrogen) atoms. The van der Waals surface area contributed by atoms with E-state index in [-0.39, 0.29) is 5.91 Å². The number of aromatic nitrogens is 1. The first-order valence-corrected chi connectivity index (χ1v) is 8.69. The Balaban J connectivity index is 2.07. The number of ether oxygens (including phenoxy) is 1. The third-order valence-corrected chi connectivity index (χ3v) is 4.52. The Kier molecular flexibility index (Phi) is 4.79. The summed E-state index contributed by atoms with van der Waals surface area (Å²) in [6.45, 7) is 9.37. The van der Waals surface area contributed by atoms with Crippen LogP contribution >= 0.6 is 0 Å². The third kappa shape index (κ3) is 3.12. The van der Waals surface area contributed by atoms with Crippen LogP contribution in [0.2, 0.25) is 0 Å². The molecule has 0 saturated carbocycles. The van der Waals surface area contributed by atoms with Crippen LogP contribution in [0.1, 0.15) is 35.5 Å². The second kappa shape index (κ2) is 7.01. The molecule has 3 rings (SSSR count). The van der Waals surface area contributed by atoms with E-state index >= 15 is 0 Å². The molecule has 1 N–H and O–H groups in total. The summed E-state index contributed by atoms with van der Waals surface area (Å²) in [4.78, 5) is 13.0. The zero-order chi connectivity index (χ0) is 18.0. The van der Waals surface area contributed by atoms with Crippen molar-refractivity contribution < 1.29 is 9.53 Å². The van der Waals surface area contributed by atoms with Crippen molar-refractivity contribution in [2.75, 3.05) is 11.9 Å². The second-order valence-electron chi connectivity index (χ2n) is 6.10. The highest BCUT2D eigenvalue weighted by Crippen LogP contribution is 2.30. The second-order valence-corrected chi connectivity index (χ2v) is 6.10. The Morgan fingerprint density at radius 1 is 1.12 bits per heavy atom.